The minimum atomic E-state index is -1.27. The summed E-state index contributed by atoms with van der Waals surface area (Å²) in [7, 11) is 4.28. The Morgan fingerprint density at radius 2 is 1.72 bits per heavy atom. The van der Waals surface area contributed by atoms with E-state index < -0.39 is 18.1 Å². The second kappa shape index (κ2) is 17.9. The third kappa shape index (κ3) is 8.42. The van der Waals surface area contributed by atoms with Crippen LogP contribution in [-0.2, 0) is 11.3 Å². The van der Waals surface area contributed by atoms with E-state index >= 15 is 0 Å². The molecule has 0 saturated heterocycles. The van der Waals surface area contributed by atoms with Crippen molar-refractivity contribution in [3.8, 4) is 0 Å². The van der Waals surface area contributed by atoms with Crippen molar-refractivity contribution in [2.75, 3.05) is 40.4 Å². The van der Waals surface area contributed by atoms with Gasteiger partial charge in [-0.2, -0.15) is 0 Å². The molecule has 0 aromatic heterocycles. The van der Waals surface area contributed by atoms with Crippen LogP contribution in [0.4, 0.5) is 4.39 Å². The highest BCUT2D eigenvalue weighted by Gasteiger charge is 2.68. The van der Waals surface area contributed by atoms with Crippen LogP contribution in [0.1, 0.15) is 144 Å². The van der Waals surface area contributed by atoms with Crippen molar-refractivity contribution in [1.29, 1.82) is 0 Å². The number of carboxylic acid groups (broad SMARTS) is 1. The van der Waals surface area contributed by atoms with E-state index in [0.29, 0.717) is 54.9 Å². The van der Waals surface area contributed by atoms with Gasteiger partial charge in [-0.3, -0.25) is 9.69 Å². The number of aliphatic carboxylic acids is 1. The van der Waals surface area contributed by atoms with Crippen LogP contribution in [0, 0.1) is 62.6 Å². The van der Waals surface area contributed by atoms with E-state index in [-0.39, 0.29) is 34.2 Å². The SMILES string of the molecule is CCC/C=C(/C1=CC[C@](CF)(C(=O)O)CC1)C(C)(C)[C@@H]1CC[C@]2(C)[C@H](CC[C@@H]3[C@H]4[C@H](C(C)C)CC[C@]4([C@@H](O)CN(CCN(C)C)Cc4ccc(Cl)cc4)CC[C@]32C)C1. The monoisotopic (exact) mass is 823 g/mol. The maximum Gasteiger partial charge on any atom is 0.312 e. The molecule has 4 fully saturated rings. The lowest BCUT2D eigenvalue weighted by Crippen LogP contribution is -2.63. The molecule has 1 aromatic carbocycles. The van der Waals surface area contributed by atoms with Crippen LogP contribution in [-0.4, -0.2) is 72.5 Å². The number of allylic oxidation sites excluding steroid dienone is 4. The number of hydrogen-bond donors (Lipinski definition) is 2. The summed E-state index contributed by atoms with van der Waals surface area (Å²) in [5, 5.41) is 23.4. The predicted octanol–water partition coefficient (Wildman–Crippen LogP) is 12.3. The van der Waals surface area contributed by atoms with E-state index in [4.69, 9.17) is 11.6 Å². The molecule has 0 amide bonds. The highest BCUT2D eigenvalue weighted by atomic mass is 35.5. The molecule has 58 heavy (non-hydrogen) atoms. The van der Waals surface area contributed by atoms with Gasteiger partial charge in [0.1, 0.15) is 6.67 Å². The second-order valence-corrected chi connectivity index (χ2v) is 22.3. The number of alkyl halides is 1. The largest absolute Gasteiger partial charge is 0.481 e. The highest BCUT2D eigenvalue weighted by Crippen LogP contribution is 2.74. The van der Waals surface area contributed by atoms with Crippen LogP contribution in [0.5, 0.6) is 0 Å². The summed E-state index contributed by atoms with van der Waals surface area (Å²) in [6.45, 7) is 20.1. The summed E-state index contributed by atoms with van der Waals surface area (Å²) in [4.78, 5) is 16.9. The maximum atomic E-state index is 14.1. The summed E-state index contributed by atoms with van der Waals surface area (Å²) in [6, 6.07) is 8.25. The Bertz CT molecular complexity index is 1640. The smallest absolute Gasteiger partial charge is 0.312 e. The molecule has 1 aromatic rings. The normalized spacial score (nSPS) is 36.1. The van der Waals surface area contributed by atoms with Gasteiger partial charge in [-0.05, 0) is 178 Å². The highest BCUT2D eigenvalue weighted by molar-refractivity contribution is 6.30. The first kappa shape index (κ1) is 45.8. The quantitative estimate of drug-likeness (QED) is 0.174. The van der Waals surface area contributed by atoms with Gasteiger partial charge in [0.25, 0.3) is 0 Å². The van der Waals surface area contributed by atoms with Crippen molar-refractivity contribution in [3.05, 3.63) is 58.1 Å². The van der Waals surface area contributed by atoms with E-state index in [1.165, 1.54) is 61.7 Å². The van der Waals surface area contributed by atoms with Crippen molar-refractivity contribution in [2.45, 2.75) is 151 Å². The lowest BCUT2D eigenvalue weighted by molar-refractivity contribution is -0.207. The van der Waals surface area contributed by atoms with Gasteiger partial charge in [-0.15, -0.1) is 0 Å². The van der Waals surface area contributed by atoms with Gasteiger partial charge in [-0.1, -0.05) is 90.8 Å². The molecule has 2 N–H and O–H groups in total. The number of hydrogen-bond acceptors (Lipinski definition) is 4. The van der Waals surface area contributed by atoms with E-state index in [2.05, 4.69) is 96.6 Å². The number of carbonyl (C=O) groups is 1. The predicted molar refractivity (Wildman–Crippen MR) is 239 cm³/mol. The minimum absolute atomic E-state index is 0.0368. The molecular weight excluding hydrogens is 743 g/mol. The lowest BCUT2D eigenvalue weighted by Gasteiger charge is -2.68. The fourth-order valence-corrected chi connectivity index (χ4v) is 14.2. The first-order valence-electron chi connectivity index (χ1n) is 23.4. The Balaban J connectivity index is 1.24. The number of likely N-dealkylation sites (N-methyl/N-ethyl adjacent to an activating group) is 1. The van der Waals surface area contributed by atoms with E-state index in [1.807, 2.05) is 12.1 Å². The Morgan fingerprint density at radius 1 is 1.00 bits per heavy atom. The molecule has 0 unspecified atom stereocenters. The number of aliphatic hydroxyl groups is 1. The molecule has 4 saturated carbocycles. The third-order valence-corrected chi connectivity index (χ3v) is 18.4. The number of fused-ring (bicyclic) bond motifs is 5. The average Bonchev–Trinajstić information content (AvgIpc) is 3.59. The molecule has 0 radical (unpaired) electrons. The molecule has 10 atom stereocenters. The van der Waals surface area contributed by atoms with Crippen molar-refractivity contribution in [2.24, 2.45) is 62.6 Å². The molecule has 0 heterocycles. The fourth-order valence-electron chi connectivity index (χ4n) is 14.1. The molecule has 6 rings (SSSR count). The molecule has 0 aliphatic heterocycles. The van der Waals surface area contributed by atoms with Crippen LogP contribution in [0.25, 0.3) is 0 Å². The fraction of sp³-hybridized carbons (Fsp3) is 0.784. The van der Waals surface area contributed by atoms with Crippen molar-refractivity contribution >= 4 is 17.6 Å². The van der Waals surface area contributed by atoms with Crippen molar-refractivity contribution in [3.63, 3.8) is 0 Å². The molecule has 5 nitrogen and oxygen atoms in total. The minimum Gasteiger partial charge on any atom is -0.481 e. The van der Waals surface area contributed by atoms with Crippen LogP contribution in [0.15, 0.2) is 47.6 Å². The number of halogens is 2. The van der Waals surface area contributed by atoms with Crippen molar-refractivity contribution < 1.29 is 19.4 Å². The van der Waals surface area contributed by atoms with Gasteiger partial charge in [0.05, 0.1) is 11.5 Å². The second-order valence-electron chi connectivity index (χ2n) is 21.9. The van der Waals surface area contributed by atoms with Crippen LogP contribution in [0.2, 0.25) is 5.02 Å². The van der Waals surface area contributed by atoms with Crippen molar-refractivity contribution in [1.82, 2.24) is 9.80 Å². The van der Waals surface area contributed by atoms with Crippen LogP contribution in [0.3, 0.4) is 0 Å². The van der Waals surface area contributed by atoms with Gasteiger partial charge in [0, 0.05) is 36.6 Å². The van der Waals surface area contributed by atoms with Gasteiger partial charge in [-0.25, -0.2) is 4.39 Å². The zero-order valence-electron chi connectivity index (χ0n) is 37.9. The molecule has 0 bridgehead atoms. The summed E-state index contributed by atoms with van der Waals surface area (Å²) in [6.07, 6.45) is 18.5. The number of unbranched alkanes of at least 4 members (excludes halogenated alkanes) is 1. The Hall–Kier alpha value is -1.73. The van der Waals surface area contributed by atoms with Gasteiger partial charge >= 0.3 is 5.97 Å². The number of carboxylic acids is 1. The first-order chi connectivity index (χ1) is 27.4. The molecule has 0 spiro atoms. The Morgan fingerprint density at radius 3 is 2.33 bits per heavy atom. The summed E-state index contributed by atoms with van der Waals surface area (Å²) in [5.74, 6) is 2.65. The summed E-state index contributed by atoms with van der Waals surface area (Å²) in [5.41, 5.74) is 3.07. The Labute approximate surface area is 357 Å². The standard InChI is InChI=1S/C51H80ClFN2O3/c1-10-11-12-42(37-19-24-50(34-53,25-20-37)46(57)58)47(4,5)38-21-23-48(6)39(31-38)15-18-43-45-41(35(2)3)22-26-51(45,28-27-49(43,48)7)44(56)33-55(30-29-54(8)9)32-36-13-16-40(52)17-14-36/h12-14,16-17,19,35,38-39,41,43-45,56H,10-11,15,18,20-34H2,1-9H3,(H,57,58)/b42-12-/t38-,39-,41+,43-,44+,45-,48-,49-,50+,51-/m1/s1. The van der Waals surface area contributed by atoms with Gasteiger partial charge < -0.3 is 15.1 Å². The van der Waals surface area contributed by atoms with Gasteiger partial charge in [0.15, 0.2) is 0 Å². The molecule has 5 aliphatic rings. The number of nitrogens with zero attached hydrogens (tertiary/aromatic N) is 2. The summed E-state index contributed by atoms with van der Waals surface area (Å²) < 4.78 is 14.1. The number of benzene rings is 1. The number of rotatable bonds is 16. The zero-order valence-corrected chi connectivity index (χ0v) is 38.6. The average molecular weight is 824 g/mol. The number of aliphatic hydroxyl groups excluding tert-OH is 1. The molecule has 326 valence electrons. The molecule has 5 aliphatic carbocycles. The van der Waals surface area contributed by atoms with Crippen LogP contribution < -0.4 is 0 Å². The Kier molecular flexibility index (Phi) is 14.2. The van der Waals surface area contributed by atoms with Gasteiger partial charge in [0.2, 0.25) is 0 Å². The van der Waals surface area contributed by atoms with E-state index in [1.54, 1.807) is 0 Å². The lowest BCUT2D eigenvalue weighted by atomic mass is 9.36. The molecular formula is C51H80ClFN2O3. The van der Waals surface area contributed by atoms with Crippen LogP contribution >= 0.6 is 11.6 Å². The third-order valence-electron chi connectivity index (χ3n) is 18.2. The topological polar surface area (TPSA) is 64.0 Å². The maximum absolute atomic E-state index is 14.1. The molecule has 7 heteroatoms. The van der Waals surface area contributed by atoms with E-state index in [0.717, 1.165) is 50.3 Å². The zero-order chi connectivity index (χ0) is 42.3. The summed E-state index contributed by atoms with van der Waals surface area (Å²) >= 11 is 6.27. The van der Waals surface area contributed by atoms with E-state index in [9.17, 15) is 19.4 Å². The first-order valence-corrected chi connectivity index (χ1v) is 23.7.